The highest BCUT2D eigenvalue weighted by Gasteiger charge is 2.19. The number of hydrogen-bond acceptors (Lipinski definition) is 3. The van der Waals surface area contributed by atoms with Crippen molar-refractivity contribution < 1.29 is 9.50 Å². The van der Waals surface area contributed by atoms with Gasteiger partial charge >= 0.3 is 0 Å². The molecule has 0 atom stereocenters. The lowest BCUT2D eigenvalue weighted by molar-refractivity contribution is 0.205. The molecule has 0 radical (unpaired) electrons. The molecule has 1 aliphatic heterocycles. The number of nitrogens with one attached hydrogen (secondary N) is 1. The third kappa shape index (κ3) is 4.48. The zero-order chi connectivity index (χ0) is 13.5. The van der Waals surface area contributed by atoms with Crippen LogP contribution in [0.3, 0.4) is 0 Å². The summed E-state index contributed by atoms with van der Waals surface area (Å²) < 4.78 is 13.5. The van der Waals surface area contributed by atoms with Crippen LogP contribution in [0.4, 0.5) is 10.1 Å². The maximum absolute atomic E-state index is 13.5. The number of aliphatic hydroxyl groups is 1. The van der Waals surface area contributed by atoms with Gasteiger partial charge in [-0.2, -0.15) is 0 Å². The van der Waals surface area contributed by atoms with Crippen LogP contribution in [0.1, 0.15) is 25.7 Å². The van der Waals surface area contributed by atoms with Crippen LogP contribution in [0, 0.1) is 5.82 Å². The van der Waals surface area contributed by atoms with Crippen molar-refractivity contribution in [3.63, 3.8) is 0 Å². The van der Waals surface area contributed by atoms with Crippen LogP contribution in [0.5, 0.6) is 0 Å². The maximum Gasteiger partial charge on any atom is 0.146 e. The Kier molecular flexibility index (Phi) is 5.61. The summed E-state index contributed by atoms with van der Waals surface area (Å²) >= 11 is 0. The van der Waals surface area contributed by atoms with Gasteiger partial charge in [-0.15, -0.1) is 0 Å². The smallest absolute Gasteiger partial charge is 0.146 e. The maximum atomic E-state index is 13.5. The SMILES string of the molecule is OCCCCN1CCC(Nc2ccccc2F)CC1. The molecule has 2 rings (SSSR count). The third-order valence-electron chi connectivity index (χ3n) is 3.70. The fourth-order valence-corrected chi connectivity index (χ4v) is 2.55. The minimum atomic E-state index is -0.173. The molecule has 0 unspecified atom stereocenters. The van der Waals surface area contributed by atoms with Gasteiger partial charge in [0.1, 0.15) is 5.82 Å². The molecule has 4 heteroatoms. The molecule has 0 aromatic heterocycles. The summed E-state index contributed by atoms with van der Waals surface area (Å²) in [5, 5.41) is 12.1. The van der Waals surface area contributed by atoms with E-state index in [4.69, 9.17) is 5.11 Å². The van der Waals surface area contributed by atoms with E-state index in [1.54, 1.807) is 12.1 Å². The number of benzene rings is 1. The summed E-state index contributed by atoms with van der Waals surface area (Å²) in [5.41, 5.74) is 0.612. The van der Waals surface area contributed by atoms with Gasteiger partial charge in [0.2, 0.25) is 0 Å². The Morgan fingerprint density at radius 3 is 2.63 bits per heavy atom. The average molecular weight is 266 g/mol. The van der Waals surface area contributed by atoms with Gasteiger partial charge in [0, 0.05) is 25.7 Å². The lowest BCUT2D eigenvalue weighted by atomic mass is 10.0. The van der Waals surface area contributed by atoms with E-state index in [0.29, 0.717) is 11.7 Å². The number of piperidine rings is 1. The van der Waals surface area contributed by atoms with Gasteiger partial charge in [-0.05, 0) is 44.4 Å². The van der Waals surface area contributed by atoms with Gasteiger partial charge in [0.05, 0.1) is 5.69 Å². The fraction of sp³-hybridized carbons (Fsp3) is 0.600. The quantitative estimate of drug-likeness (QED) is 0.776. The predicted octanol–water partition coefficient (Wildman–Crippen LogP) is 2.47. The highest BCUT2D eigenvalue weighted by atomic mass is 19.1. The van der Waals surface area contributed by atoms with E-state index in [9.17, 15) is 4.39 Å². The second kappa shape index (κ2) is 7.46. The minimum absolute atomic E-state index is 0.173. The van der Waals surface area contributed by atoms with Crippen LogP contribution in [-0.2, 0) is 0 Å². The van der Waals surface area contributed by atoms with E-state index in [0.717, 1.165) is 45.3 Å². The zero-order valence-electron chi connectivity index (χ0n) is 11.3. The van der Waals surface area contributed by atoms with Gasteiger partial charge in [-0.3, -0.25) is 0 Å². The molecule has 1 aliphatic rings. The summed E-state index contributed by atoms with van der Waals surface area (Å²) in [6, 6.07) is 7.22. The Morgan fingerprint density at radius 2 is 1.95 bits per heavy atom. The molecule has 3 nitrogen and oxygen atoms in total. The Bertz CT molecular complexity index is 378. The monoisotopic (exact) mass is 266 g/mol. The van der Waals surface area contributed by atoms with Crippen molar-refractivity contribution in [1.82, 2.24) is 4.90 Å². The number of likely N-dealkylation sites (tertiary alicyclic amines) is 1. The van der Waals surface area contributed by atoms with E-state index in [1.807, 2.05) is 6.07 Å². The van der Waals surface area contributed by atoms with Gasteiger partial charge in [-0.25, -0.2) is 4.39 Å². The Balaban J connectivity index is 1.73. The molecular weight excluding hydrogens is 243 g/mol. The first kappa shape index (κ1) is 14.3. The molecule has 19 heavy (non-hydrogen) atoms. The summed E-state index contributed by atoms with van der Waals surface area (Å²) in [4.78, 5) is 2.43. The van der Waals surface area contributed by atoms with Crippen molar-refractivity contribution in [3.8, 4) is 0 Å². The van der Waals surface area contributed by atoms with Crippen molar-refractivity contribution >= 4 is 5.69 Å². The van der Waals surface area contributed by atoms with E-state index >= 15 is 0 Å². The fourth-order valence-electron chi connectivity index (χ4n) is 2.55. The van der Waals surface area contributed by atoms with Crippen molar-refractivity contribution in [2.45, 2.75) is 31.7 Å². The van der Waals surface area contributed by atoms with E-state index in [2.05, 4.69) is 10.2 Å². The second-order valence-corrected chi connectivity index (χ2v) is 5.17. The molecule has 1 fully saturated rings. The van der Waals surface area contributed by atoms with Crippen LogP contribution >= 0.6 is 0 Å². The molecule has 1 saturated heterocycles. The van der Waals surface area contributed by atoms with Gasteiger partial charge in [0.25, 0.3) is 0 Å². The summed E-state index contributed by atoms with van der Waals surface area (Å²) in [6.07, 6.45) is 4.04. The predicted molar refractivity (Wildman–Crippen MR) is 75.8 cm³/mol. The third-order valence-corrected chi connectivity index (χ3v) is 3.70. The molecule has 1 aromatic rings. The molecule has 0 amide bonds. The number of hydrogen-bond donors (Lipinski definition) is 2. The number of unbranched alkanes of at least 4 members (excludes halogenated alkanes) is 1. The zero-order valence-corrected chi connectivity index (χ0v) is 11.3. The van der Waals surface area contributed by atoms with Gasteiger partial charge in [0.15, 0.2) is 0 Å². The van der Waals surface area contributed by atoms with E-state index in [-0.39, 0.29) is 12.4 Å². The lowest BCUT2D eigenvalue weighted by Crippen LogP contribution is -2.39. The van der Waals surface area contributed by atoms with Crippen molar-refractivity contribution in [2.24, 2.45) is 0 Å². The number of para-hydroxylation sites is 1. The minimum Gasteiger partial charge on any atom is -0.396 e. The molecule has 1 aromatic carbocycles. The standard InChI is InChI=1S/C15H23FN2O/c16-14-5-1-2-6-15(14)17-13-7-10-18(11-8-13)9-3-4-12-19/h1-2,5-6,13,17,19H,3-4,7-12H2. The highest BCUT2D eigenvalue weighted by molar-refractivity contribution is 5.45. The largest absolute Gasteiger partial charge is 0.396 e. The number of anilines is 1. The molecule has 0 bridgehead atoms. The number of halogens is 1. The van der Waals surface area contributed by atoms with Crippen LogP contribution < -0.4 is 5.32 Å². The van der Waals surface area contributed by atoms with Gasteiger partial charge < -0.3 is 15.3 Å². The van der Waals surface area contributed by atoms with Crippen molar-refractivity contribution in [1.29, 1.82) is 0 Å². The first-order chi connectivity index (χ1) is 9.29. The molecule has 0 saturated carbocycles. The van der Waals surface area contributed by atoms with Crippen molar-refractivity contribution in [2.75, 3.05) is 31.6 Å². The van der Waals surface area contributed by atoms with Crippen LogP contribution in [0.25, 0.3) is 0 Å². The Labute approximate surface area is 114 Å². The molecular formula is C15H23FN2O. The number of nitrogens with zero attached hydrogens (tertiary/aromatic N) is 1. The van der Waals surface area contributed by atoms with E-state index < -0.39 is 0 Å². The van der Waals surface area contributed by atoms with Crippen LogP contribution in [0.15, 0.2) is 24.3 Å². The molecule has 2 N–H and O–H groups in total. The second-order valence-electron chi connectivity index (χ2n) is 5.17. The van der Waals surface area contributed by atoms with E-state index in [1.165, 1.54) is 6.07 Å². The Hall–Kier alpha value is -1.13. The summed E-state index contributed by atoms with van der Waals surface area (Å²) in [7, 11) is 0. The van der Waals surface area contributed by atoms with Gasteiger partial charge in [-0.1, -0.05) is 12.1 Å². The molecule has 0 spiro atoms. The average Bonchev–Trinajstić information content (AvgIpc) is 2.44. The van der Waals surface area contributed by atoms with Crippen LogP contribution in [-0.4, -0.2) is 42.3 Å². The molecule has 0 aliphatic carbocycles. The first-order valence-electron chi connectivity index (χ1n) is 7.14. The Morgan fingerprint density at radius 1 is 1.21 bits per heavy atom. The van der Waals surface area contributed by atoms with Crippen molar-refractivity contribution in [3.05, 3.63) is 30.1 Å². The molecule has 1 heterocycles. The first-order valence-corrected chi connectivity index (χ1v) is 7.14. The highest BCUT2D eigenvalue weighted by Crippen LogP contribution is 2.19. The number of aliphatic hydroxyl groups excluding tert-OH is 1. The number of rotatable bonds is 6. The topological polar surface area (TPSA) is 35.5 Å². The lowest BCUT2D eigenvalue weighted by Gasteiger charge is -2.32. The summed E-state index contributed by atoms with van der Waals surface area (Å²) in [5.74, 6) is -0.173. The van der Waals surface area contributed by atoms with Crippen LogP contribution in [0.2, 0.25) is 0 Å². The normalized spacial score (nSPS) is 17.6. The molecule has 106 valence electrons. The summed E-state index contributed by atoms with van der Waals surface area (Å²) in [6.45, 7) is 3.45.